The van der Waals surface area contributed by atoms with Crippen molar-refractivity contribution in [2.45, 2.75) is 109 Å². The minimum Gasteiger partial charge on any atom is -0.0683 e. The Morgan fingerprint density at radius 3 is 1.14 bits per heavy atom. The molecular formula is C28H52. The first-order chi connectivity index (χ1) is 12.8. The maximum absolute atomic E-state index is 2.56. The van der Waals surface area contributed by atoms with Crippen LogP contribution in [0, 0.1) is 68.5 Å². The molecule has 6 fully saturated rings. The van der Waals surface area contributed by atoms with Crippen molar-refractivity contribution < 1.29 is 0 Å². The number of hydrogen-bond donors (Lipinski definition) is 0. The molecule has 0 N–H and O–H groups in total. The highest BCUT2D eigenvalue weighted by Crippen LogP contribution is 3.05. The van der Waals surface area contributed by atoms with Gasteiger partial charge in [-0.15, -0.1) is 0 Å². The molecule has 164 valence electrons. The summed E-state index contributed by atoms with van der Waals surface area (Å²) in [6, 6.07) is 0. The van der Waals surface area contributed by atoms with E-state index in [1.54, 1.807) is 0 Å². The molecule has 6 saturated carbocycles. The van der Waals surface area contributed by atoms with Crippen LogP contribution in [0.15, 0.2) is 0 Å². The van der Waals surface area contributed by atoms with Crippen molar-refractivity contribution in [1.82, 2.24) is 0 Å². The van der Waals surface area contributed by atoms with Gasteiger partial charge < -0.3 is 0 Å². The lowest BCUT2D eigenvalue weighted by atomic mass is 8.97. The van der Waals surface area contributed by atoms with Gasteiger partial charge in [-0.3, -0.25) is 0 Å². The fourth-order valence-corrected chi connectivity index (χ4v) is 9.35. The fourth-order valence-electron chi connectivity index (χ4n) is 9.35. The van der Waals surface area contributed by atoms with Gasteiger partial charge >= 0.3 is 0 Å². The van der Waals surface area contributed by atoms with Gasteiger partial charge in [0, 0.05) is 0 Å². The zero-order valence-corrected chi connectivity index (χ0v) is 21.7. The monoisotopic (exact) mass is 388 g/mol. The van der Waals surface area contributed by atoms with Gasteiger partial charge in [0.1, 0.15) is 0 Å². The van der Waals surface area contributed by atoms with E-state index in [2.05, 4.69) is 76.2 Å². The molecule has 0 bridgehead atoms. The summed E-state index contributed by atoms with van der Waals surface area (Å²) < 4.78 is 0. The molecule has 0 heterocycles. The van der Waals surface area contributed by atoms with Crippen LogP contribution in [0.4, 0.5) is 0 Å². The van der Waals surface area contributed by atoms with E-state index in [-0.39, 0.29) is 0 Å². The summed E-state index contributed by atoms with van der Waals surface area (Å²) in [4.78, 5) is 0. The molecule has 0 spiro atoms. The van der Waals surface area contributed by atoms with Crippen LogP contribution in [0.3, 0.4) is 0 Å². The van der Waals surface area contributed by atoms with Crippen molar-refractivity contribution in [3.8, 4) is 0 Å². The average Bonchev–Trinajstić information content (AvgIpc) is 2.68. The van der Waals surface area contributed by atoms with E-state index in [4.69, 9.17) is 0 Å². The van der Waals surface area contributed by atoms with Crippen molar-refractivity contribution in [1.29, 1.82) is 0 Å². The molecule has 0 aromatic heterocycles. The largest absolute Gasteiger partial charge is 0.0683 e. The zero-order chi connectivity index (χ0) is 21.7. The number of rotatable bonds is 6. The van der Waals surface area contributed by atoms with E-state index in [1.807, 2.05) is 13.8 Å². The third-order valence-electron chi connectivity index (χ3n) is 13.0. The molecule has 0 saturated heterocycles. The highest BCUT2D eigenvalue weighted by atomic mass is 15.1. The average molecular weight is 389 g/mol. The first kappa shape index (κ1) is 22.7. The predicted molar refractivity (Wildman–Crippen MR) is 124 cm³/mol. The Balaban J connectivity index is 0.000000163. The minimum atomic E-state index is 0.336. The Labute approximate surface area is 178 Å². The SMILES string of the molecule is CC.CC12C3C4C5C3C1C5C42.CCC(C)(C)C(C)(C)C(C)(CC)C(C)(C)CC. The summed E-state index contributed by atoms with van der Waals surface area (Å²) >= 11 is 0. The van der Waals surface area contributed by atoms with Gasteiger partial charge in [0.2, 0.25) is 0 Å². The first-order valence-electron chi connectivity index (χ1n) is 12.8. The van der Waals surface area contributed by atoms with Crippen LogP contribution in [0.5, 0.6) is 0 Å². The molecule has 6 aliphatic carbocycles. The maximum atomic E-state index is 2.56. The van der Waals surface area contributed by atoms with Crippen LogP contribution in [0.2, 0.25) is 0 Å². The van der Waals surface area contributed by atoms with Crippen molar-refractivity contribution >= 4 is 0 Å². The molecular weight excluding hydrogens is 336 g/mol. The predicted octanol–water partition coefficient (Wildman–Crippen LogP) is 8.70. The second-order valence-electron chi connectivity index (χ2n) is 13.0. The van der Waals surface area contributed by atoms with Gasteiger partial charge in [-0.25, -0.2) is 0 Å². The summed E-state index contributed by atoms with van der Waals surface area (Å²) in [5, 5.41) is 0. The quantitative estimate of drug-likeness (QED) is 0.427. The first-order valence-corrected chi connectivity index (χ1v) is 12.8. The molecule has 0 radical (unpaired) electrons. The Kier molecular flexibility index (Phi) is 5.07. The van der Waals surface area contributed by atoms with Gasteiger partial charge in [-0.1, -0.05) is 103 Å². The molecule has 1 atom stereocenters. The van der Waals surface area contributed by atoms with Crippen molar-refractivity contribution in [3.05, 3.63) is 0 Å². The fraction of sp³-hybridized carbons (Fsp3) is 1.00. The minimum absolute atomic E-state index is 0.336. The third-order valence-corrected chi connectivity index (χ3v) is 13.0. The van der Waals surface area contributed by atoms with Crippen LogP contribution in [0.25, 0.3) is 0 Å². The molecule has 0 aromatic carbocycles. The maximum Gasteiger partial charge on any atom is -0.0221 e. The summed E-state index contributed by atoms with van der Waals surface area (Å²) in [5.74, 6) is 9.05. The lowest BCUT2D eigenvalue weighted by Crippen LogP contribution is -3.04. The van der Waals surface area contributed by atoms with Gasteiger partial charge in [0.25, 0.3) is 0 Å². The van der Waals surface area contributed by atoms with Crippen LogP contribution in [-0.2, 0) is 0 Å². The molecule has 0 nitrogen and oxygen atoms in total. The van der Waals surface area contributed by atoms with Crippen molar-refractivity contribution in [2.24, 2.45) is 68.5 Å². The number of hydrogen-bond acceptors (Lipinski definition) is 0. The molecule has 0 aromatic rings. The molecule has 0 heteroatoms. The van der Waals surface area contributed by atoms with E-state index in [0.29, 0.717) is 21.7 Å². The zero-order valence-electron chi connectivity index (χ0n) is 21.7. The molecule has 0 aliphatic heterocycles. The van der Waals surface area contributed by atoms with Crippen LogP contribution in [0.1, 0.15) is 109 Å². The van der Waals surface area contributed by atoms with Crippen LogP contribution < -0.4 is 0 Å². The Morgan fingerprint density at radius 2 is 0.929 bits per heavy atom. The standard InChI is InChI=1S/C17H36.C9H10.C2H6/c1-11-14(4,5)16(8,9)17(10,13-3)15(6,7)12-2;1-9-6-3-2-4(6)8(9)5(2)7(3)9;1-2/h11-13H2,1-10H3;2-8H,1H3;1-2H3. The van der Waals surface area contributed by atoms with Gasteiger partial charge in [0.05, 0.1) is 0 Å². The van der Waals surface area contributed by atoms with E-state index >= 15 is 0 Å². The van der Waals surface area contributed by atoms with Gasteiger partial charge in [0.15, 0.2) is 0 Å². The van der Waals surface area contributed by atoms with E-state index in [9.17, 15) is 0 Å². The summed E-state index contributed by atoms with van der Waals surface area (Å²) in [7, 11) is 0. The molecule has 0 amide bonds. The van der Waals surface area contributed by atoms with E-state index < -0.39 is 0 Å². The highest BCUT2D eigenvalue weighted by Gasteiger charge is 3.02. The highest BCUT2D eigenvalue weighted by molar-refractivity contribution is 5.48. The second kappa shape index (κ2) is 6.26. The van der Waals surface area contributed by atoms with E-state index in [0.717, 1.165) is 5.41 Å². The summed E-state index contributed by atoms with van der Waals surface area (Å²) in [6.07, 6.45) is 3.75. The van der Waals surface area contributed by atoms with Crippen molar-refractivity contribution in [2.75, 3.05) is 0 Å². The van der Waals surface area contributed by atoms with Crippen molar-refractivity contribution in [3.63, 3.8) is 0 Å². The smallest absolute Gasteiger partial charge is 0.0221 e. The molecule has 1 unspecified atom stereocenters. The van der Waals surface area contributed by atoms with E-state index in [1.165, 1.54) is 60.7 Å². The van der Waals surface area contributed by atoms with Crippen LogP contribution in [-0.4, -0.2) is 0 Å². The van der Waals surface area contributed by atoms with Gasteiger partial charge in [-0.05, 0) is 74.9 Å². The second-order valence-corrected chi connectivity index (χ2v) is 13.0. The lowest BCUT2D eigenvalue weighted by Gasteiger charge is -3.07. The Hall–Kier alpha value is 0. The summed E-state index contributed by atoms with van der Waals surface area (Å²) in [5.41, 5.74) is 2.44. The van der Waals surface area contributed by atoms with Crippen LogP contribution >= 0.6 is 0 Å². The lowest BCUT2D eigenvalue weighted by molar-refractivity contribution is -0.609. The normalized spacial score (nSPS) is 45.1. The Bertz CT molecular complexity index is 555. The third kappa shape index (κ3) is 2.01. The molecule has 6 aliphatic rings. The summed E-state index contributed by atoms with van der Waals surface area (Å²) in [6.45, 7) is 30.8. The Morgan fingerprint density at radius 1 is 0.571 bits per heavy atom. The topological polar surface area (TPSA) is 0 Å². The molecule has 6 rings (SSSR count). The molecule has 28 heavy (non-hydrogen) atoms. The van der Waals surface area contributed by atoms with Gasteiger partial charge in [-0.2, -0.15) is 0 Å².